The van der Waals surface area contributed by atoms with Crippen LogP contribution in [0.15, 0.2) is 36.5 Å². The zero-order chi connectivity index (χ0) is 24.8. The Balaban J connectivity index is 1.66. The number of aromatic nitrogens is 4. The van der Waals surface area contributed by atoms with E-state index in [9.17, 15) is 4.39 Å². The number of benzene rings is 1. The van der Waals surface area contributed by atoms with Crippen LogP contribution in [0.4, 0.5) is 10.3 Å². The van der Waals surface area contributed by atoms with Crippen molar-refractivity contribution < 1.29 is 13.9 Å². The molecule has 0 bridgehead atoms. The Kier molecular flexibility index (Phi) is 7.69. The van der Waals surface area contributed by atoms with Gasteiger partial charge in [-0.25, -0.2) is 19.3 Å². The number of rotatable bonds is 10. The smallest absolute Gasteiger partial charge is 0.223 e. The van der Waals surface area contributed by atoms with Crippen LogP contribution >= 0.6 is 0 Å². The molecular weight excluding hydrogens is 449 g/mol. The van der Waals surface area contributed by atoms with Gasteiger partial charge in [0.25, 0.3) is 0 Å². The largest absolute Gasteiger partial charge is 0.484 e. The highest BCUT2D eigenvalue weighted by Gasteiger charge is 2.31. The first-order valence-electron chi connectivity index (χ1n) is 11.8. The van der Waals surface area contributed by atoms with E-state index in [0.717, 1.165) is 48.6 Å². The highest BCUT2D eigenvalue weighted by Crippen LogP contribution is 2.39. The number of halogens is 1. The lowest BCUT2D eigenvalue weighted by Gasteiger charge is -2.18. The predicted molar refractivity (Wildman–Crippen MR) is 132 cm³/mol. The molecule has 10 heteroatoms. The Bertz CT molecular complexity index is 1190. The number of nitrogens with zero attached hydrogens (tertiary/aromatic N) is 4. The third kappa shape index (κ3) is 5.64. The molecule has 1 atom stereocenters. The maximum atomic E-state index is 13.6. The van der Waals surface area contributed by atoms with E-state index in [1.165, 1.54) is 19.2 Å². The summed E-state index contributed by atoms with van der Waals surface area (Å²) in [4.78, 5) is 14.0. The summed E-state index contributed by atoms with van der Waals surface area (Å²) in [6.45, 7) is 3.15. The van der Waals surface area contributed by atoms with Gasteiger partial charge in [0.05, 0.1) is 30.2 Å². The second kappa shape index (κ2) is 11.1. The SMILES string of the molecule is CCCNc1nccc(-c2c(-c3ccc(F)cc3)nc3n2C(COC(=N)CCC(=N)OC)CC3)n1. The number of methoxy groups -OCH3 is 1. The zero-order valence-corrected chi connectivity index (χ0v) is 20.0. The number of imidazole rings is 1. The number of aryl methyl sites for hydroxylation is 1. The number of ether oxygens (including phenoxy) is 2. The van der Waals surface area contributed by atoms with Crippen LogP contribution in [0.3, 0.4) is 0 Å². The highest BCUT2D eigenvalue weighted by molar-refractivity contribution is 5.80. The van der Waals surface area contributed by atoms with Gasteiger partial charge in [-0.15, -0.1) is 0 Å². The normalized spacial score (nSPS) is 14.4. The number of nitrogens with one attached hydrogen (secondary N) is 3. The Morgan fingerprint density at radius 3 is 2.66 bits per heavy atom. The van der Waals surface area contributed by atoms with Crippen LogP contribution in [0, 0.1) is 16.6 Å². The number of hydrogen-bond donors (Lipinski definition) is 3. The molecule has 0 fully saturated rings. The molecule has 1 aliphatic rings. The molecule has 1 unspecified atom stereocenters. The molecular formula is C25H30FN7O2. The summed E-state index contributed by atoms with van der Waals surface area (Å²) < 4.78 is 26.4. The average Bonchev–Trinajstić information content (AvgIpc) is 3.44. The molecule has 0 aliphatic carbocycles. The monoisotopic (exact) mass is 479 g/mol. The second-order valence-corrected chi connectivity index (χ2v) is 8.35. The fourth-order valence-electron chi connectivity index (χ4n) is 4.10. The van der Waals surface area contributed by atoms with Crippen molar-refractivity contribution in [2.24, 2.45) is 0 Å². The first-order chi connectivity index (χ1) is 17.0. The van der Waals surface area contributed by atoms with Gasteiger partial charge in [0.2, 0.25) is 5.95 Å². The van der Waals surface area contributed by atoms with Crippen molar-refractivity contribution in [1.29, 1.82) is 10.8 Å². The molecule has 35 heavy (non-hydrogen) atoms. The lowest BCUT2D eigenvalue weighted by molar-refractivity contribution is 0.235. The molecule has 2 aromatic heterocycles. The van der Waals surface area contributed by atoms with Gasteiger partial charge >= 0.3 is 0 Å². The van der Waals surface area contributed by atoms with Gasteiger partial charge in [0, 0.05) is 37.6 Å². The number of hydrogen-bond acceptors (Lipinski definition) is 8. The highest BCUT2D eigenvalue weighted by atomic mass is 19.1. The van der Waals surface area contributed by atoms with Crippen LogP contribution in [0.5, 0.6) is 0 Å². The Morgan fingerprint density at radius 2 is 1.91 bits per heavy atom. The summed E-state index contributed by atoms with van der Waals surface area (Å²) in [7, 11) is 1.45. The minimum Gasteiger partial charge on any atom is -0.484 e. The van der Waals surface area contributed by atoms with E-state index < -0.39 is 0 Å². The van der Waals surface area contributed by atoms with Gasteiger partial charge < -0.3 is 19.4 Å². The van der Waals surface area contributed by atoms with Crippen molar-refractivity contribution >= 4 is 17.7 Å². The van der Waals surface area contributed by atoms with Gasteiger partial charge in [-0.1, -0.05) is 6.92 Å². The molecule has 4 rings (SSSR count). The van der Waals surface area contributed by atoms with Crippen molar-refractivity contribution in [2.75, 3.05) is 25.6 Å². The Morgan fingerprint density at radius 1 is 1.14 bits per heavy atom. The first kappa shape index (κ1) is 24.3. The zero-order valence-electron chi connectivity index (χ0n) is 20.0. The predicted octanol–water partition coefficient (Wildman–Crippen LogP) is 4.85. The summed E-state index contributed by atoms with van der Waals surface area (Å²) in [5.74, 6) is 1.38. The van der Waals surface area contributed by atoms with Crippen LogP contribution in [0.1, 0.15) is 44.5 Å². The van der Waals surface area contributed by atoms with Crippen molar-refractivity contribution in [3.8, 4) is 22.6 Å². The van der Waals surface area contributed by atoms with E-state index in [1.54, 1.807) is 18.3 Å². The van der Waals surface area contributed by atoms with Crippen LogP contribution in [0.25, 0.3) is 22.6 Å². The standard InChI is InChI=1S/C25H30FN7O2/c1-3-13-29-25-30-14-12-19(31-25)24-23(16-4-6-17(26)7-5-16)32-22-11-8-18(33(22)24)15-35-21(28)10-9-20(27)34-2/h4-7,12,14,18,27-28H,3,8-11,13,15H2,1-2H3,(H,29,30,31). The van der Waals surface area contributed by atoms with Crippen molar-refractivity contribution in [3.05, 3.63) is 48.2 Å². The van der Waals surface area contributed by atoms with Gasteiger partial charge in [-0.3, -0.25) is 10.8 Å². The van der Waals surface area contributed by atoms with Gasteiger partial charge in [0.15, 0.2) is 11.8 Å². The first-order valence-corrected chi connectivity index (χ1v) is 11.8. The van der Waals surface area contributed by atoms with Crippen molar-refractivity contribution in [2.45, 2.75) is 45.1 Å². The third-order valence-corrected chi connectivity index (χ3v) is 5.87. The molecule has 0 radical (unpaired) electrons. The third-order valence-electron chi connectivity index (χ3n) is 5.87. The fraction of sp³-hybridized carbons (Fsp3) is 0.400. The van der Waals surface area contributed by atoms with Crippen LogP contribution in [0.2, 0.25) is 0 Å². The summed E-state index contributed by atoms with van der Waals surface area (Å²) in [5, 5.41) is 18.9. The average molecular weight is 480 g/mol. The van der Waals surface area contributed by atoms with E-state index in [4.69, 9.17) is 30.3 Å². The quantitative estimate of drug-likeness (QED) is 0.282. The number of fused-ring (bicyclic) bond motifs is 1. The summed E-state index contributed by atoms with van der Waals surface area (Å²) in [5.41, 5.74) is 3.07. The van der Waals surface area contributed by atoms with Crippen molar-refractivity contribution in [1.82, 2.24) is 19.5 Å². The molecule has 0 amide bonds. The Labute approximate surface area is 203 Å². The molecule has 1 aliphatic heterocycles. The summed E-state index contributed by atoms with van der Waals surface area (Å²) in [6.07, 6.45) is 4.89. The molecule has 3 heterocycles. The fourth-order valence-corrected chi connectivity index (χ4v) is 4.10. The maximum Gasteiger partial charge on any atom is 0.223 e. The summed E-state index contributed by atoms with van der Waals surface area (Å²) in [6, 6.07) is 8.11. The molecule has 0 saturated carbocycles. The van der Waals surface area contributed by atoms with Crippen LogP contribution in [-0.2, 0) is 15.9 Å². The van der Waals surface area contributed by atoms with Gasteiger partial charge in [-0.2, -0.15) is 0 Å². The van der Waals surface area contributed by atoms with Crippen LogP contribution in [-0.4, -0.2) is 51.6 Å². The Hall–Kier alpha value is -3.82. The van der Waals surface area contributed by atoms with E-state index in [2.05, 4.69) is 21.8 Å². The van der Waals surface area contributed by atoms with Crippen molar-refractivity contribution in [3.63, 3.8) is 0 Å². The van der Waals surface area contributed by atoms with E-state index in [-0.39, 0.29) is 23.7 Å². The second-order valence-electron chi connectivity index (χ2n) is 8.35. The minimum absolute atomic E-state index is 0.0362. The van der Waals surface area contributed by atoms with Gasteiger partial charge in [-0.05, 0) is 43.2 Å². The lowest BCUT2D eigenvalue weighted by Crippen LogP contribution is -2.17. The topological polar surface area (TPSA) is 122 Å². The van der Waals surface area contributed by atoms with E-state index in [0.29, 0.717) is 31.1 Å². The summed E-state index contributed by atoms with van der Waals surface area (Å²) >= 11 is 0. The molecule has 184 valence electrons. The molecule has 0 saturated heterocycles. The number of anilines is 1. The minimum atomic E-state index is -0.304. The van der Waals surface area contributed by atoms with Gasteiger partial charge in [0.1, 0.15) is 18.2 Å². The molecule has 0 spiro atoms. The lowest BCUT2D eigenvalue weighted by atomic mass is 10.1. The van der Waals surface area contributed by atoms with Crippen LogP contribution < -0.4 is 5.32 Å². The molecule has 3 aromatic rings. The molecule has 3 N–H and O–H groups in total. The maximum absolute atomic E-state index is 13.6. The molecule has 1 aromatic carbocycles. The van der Waals surface area contributed by atoms with E-state index >= 15 is 0 Å². The van der Waals surface area contributed by atoms with E-state index in [1.807, 2.05) is 6.07 Å². The molecule has 9 nitrogen and oxygen atoms in total.